The van der Waals surface area contributed by atoms with Gasteiger partial charge in [-0.2, -0.15) is 0 Å². The van der Waals surface area contributed by atoms with Crippen LogP contribution in [-0.2, 0) is 0 Å². The Kier molecular flexibility index (Phi) is 5.26. The number of unbranched alkanes of at least 4 members (excludes halogenated alkanes) is 1. The molecule has 1 heterocycles. The van der Waals surface area contributed by atoms with Crippen molar-refractivity contribution in [1.29, 1.82) is 0 Å². The van der Waals surface area contributed by atoms with Crippen LogP contribution in [0.2, 0.25) is 0 Å². The number of carbonyl (C=O) groups excluding carboxylic acids is 1. The summed E-state index contributed by atoms with van der Waals surface area (Å²) in [5, 5.41) is 2.86. The van der Waals surface area contributed by atoms with Crippen LogP contribution in [0.4, 0.5) is 11.5 Å². The van der Waals surface area contributed by atoms with Crippen molar-refractivity contribution in [2.24, 2.45) is 0 Å². The molecule has 5 heteroatoms. The van der Waals surface area contributed by atoms with Crippen LogP contribution in [0, 0.1) is 0 Å². The van der Waals surface area contributed by atoms with Crippen molar-refractivity contribution in [1.82, 2.24) is 15.3 Å². The second-order valence-electron chi connectivity index (χ2n) is 4.77. The van der Waals surface area contributed by atoms with E-state index in [4.69, 9.17) is 0 Å². The van der Waals surface area contributed by atoms with E-state index in [0.29, 0.717) is 18.1 Å². The van der Waals surface area contributed by atoms with E-state index in [-0.39, 0.29) is 5.91 Å². The molecule has 1 aromatic heterocycles. The zero-order valence-corrected chi connectivity index (χ0v) is 12.4. The first kappa shape index (κ1) is 15.0. The topological polar surface area (TPSA) is 58.1 Å². The molecule has 2 rings (SSSR count). The fourth-order valence-corrected chi connectivity index (χ4v) is 1.91. The van der Waals surface area contributed by atoms with Crippen LogP contribution in [0.15, 0.2) is 42.7 Å². The highest BCUT2D eigenvalue weighted by molar-refractivity contribution is 5.93. The van der Waals surface area contributed by atoms with E-state index in [9.17, 15) is 4.79 Å². The highest BCUT2D eigenvalue weighted by atomic mass is 16.1. The number of hydrogen-bond acceptors (Lipinski definition) is 4. The third-order valence-electron chi connectivity index (χ3n) is 3.19. The van der Waals surface area contributed by atoms with Gasteiger partial charge in [-0.15, -0.1) is 0 Å². The highest BCUT2D eigenvalue weighted by Crippen LogP contribution is 2.20. The lowest BCUT2D eigenvalue weighted by molar-refractivity contribution is 0.0948. The molecule has 0 unspecified atom stereocenters. The summed E-state index contributed by atoms with van der Waals surface area (Å²) in [7, 11) is 1.91. The standard InChI is InChI=1S/C16H20N4O/c1-3-4-10-17-16(21)14-11-15(19-12-18-14)20(2)13-8-6-5-7-9-13/h5-9,11-12H,3-4,10H2,1-2H3,(H,17,21). The molecule has 0 radical (unpaired) electrons. The lowest BCUT2D eigenvalue weighted by Gasteiger charge is -2.18. The number of anilines is 2. The molecular weight excluding hydrogens is 264 g/mol. The van der Waals surface area contributed by atoms with Crippen LogP contribution in [0.1, 0.15) is 30.3 Å². The number of benzene rings is 1. The Morgan fingerprint density at radius 2 is 2.00 bits per heavy atom. The summed E-state index contributed by atoms with van der Waals surface area (Å²) >= 11 is 0. The van der Waals surface area contributed by atoms with E-state index >= 15 is 0 Å². The first-order chi connectivity index (χ1) is 10.2. The maximum absolute atomic E-state index is 12.0. The zero-order chi connectivity index (χ0) is 15.1. The number of nitrogens with one attached hydrogen (secondary N) is 1. The van der Waals surface area contributed by atoms with Crippen LogP contribution >= 0.6 is 0 Å². The quantitative estimate of drug-likeness (QED) is 0.829. The smallest absolute Gasteiger partial charge is 0.270 e. The molecule has 21 heavy (non-hydrogen) atoms. The van der Waals surface area contributed by atoms with Crippen LogP contribution in [0.5, 0.6) is 0 Å². The molecule has 0 saturated heterocycles. The summed E-state index contributed by atoms with van der Waals surface area (Å²) in [6.07, 6.45) is 3.43. The normalized spacial score (nSPS) is 10.2. The van der Waals surface area contributed by atoms with E-state index in [2.05, 4.69) is 22.2 Å². The summed E-state index contributed by atoms with van der Waals surface area (Å²) in [5.74, 6) is 0.533. The summed E-state index contributed by atoms with van der Waals surface area (Å²) in [5.41, 5.74) is 1.40. The monoisotopic (exact) mass is 284 g/mol. The predicted octanol–water partition coefficient (Wildman–Crippen LogP) is 2.77. The van der Waals surface area contributed by atoms with Gasteiger partial charge in [0.25, 0.3) is 5.91 Å². The molecule has 0 aliphatic carbocycles. The molecule has 0 aliphatic rings. The van der Waals surface area contributed by atoms with E-state index < -0.39 is 0 Å². The second-order valence-corrected chi connectivity index (χ2v) is 4.77. The van der Waals surface area contributed by atoms with Gasteiger partial charge >= 0.3 is 0 Å². The third kappa shape index (κ3) is 4.02. The van der Waals surface area contributed by atoms with Gasteiger partial charge in [-0.25, -0.2) is 9.97 Å². The van der Waals surface area contributed by atoms with Gasteiger partial charge in [-0.3, -0.25) is 4.79 Å². The van der Waals surface area contributed by atoms with E-state index in [1.807, 2.05) is 42.3 Å². The molecule has 0 saturated carbocycles. The number of aromatic nitrogens is 2. The Morgan fingerprint density at radius 1 is 1.24 bits per heavy atom. The minimum absolute atomic E-state index is 0.159. The van der Waals surface area contributed by atoms with Gasteiger partial charge in [0.05, 0.1) is 0 Å². The van der Waals surface area contributed by atoms with Crippen molar-refractivity contribution in [2.45, 2.75) is 19.8 Å². The largest absolute Gasteiger partial charge is 0.351 e. The Labute approximate surface area is 125 Å². The average Bonchev–Trinajstić information content (AvgIpc) is 2.55. The highest BCUT2D eigenvalue weighted by Gasteiger charge is 2.11. The number of rotatable bonds is 6. The van der Waals surface area contributed by atoms with Crippen LogP contribution in [0.25, 0.3) is 0 Å². The first-order valence-corrected chi connectivity index (χ1v) is 7.11. The molecular formula is C16H20N4O. The molecule has 2 aromatic rings. The van der Waals surface area contributed by atoms with E-state index in [1.165, 1.54) is 6.33 Å². The molecule has 5 nitrogen and oxygen atoms in total. The molecule has 1 N–H and O–H groups in total. The zero-order valence-electron chi connectivity index (χ0n) is 12.4. The van der Waals surface area contributed by atoms with Crippen LogP contribution in [-0.4, -0.2) is 29.5 Å². The van der Waals surface area contributed by atoms with Crippen molar-refractivity contribution >= 4 is 17.4 Å². The fraction of sp³-hybridized carbons (Fsp3) is 0.312. The summed E-state index contributed by atoms with van der Waals surface area (Å²) in [6.45, 7) is 2.76. The van der Waals surface area contributed by atoms with Gasteiger partial charge in [-0.05, 0) is 18.6 Å². The molecule has 110 valence electrons. The average molecular weight is 284 g/mol. The van der Waals surface area contributed by atoms with Crippen molar-refractivity contribution < 1.29 is 4.79 Å². The molecule has 0 bridgehead atoms. The number of amides is 1. The summed E-state index contributed by atoms with van der Waals surface area (Å²) in [4.78, 5) is 22.2. The lowest BCUT2D eigenvalue weighted by atomic mass is 10.3. The van der Waals surface area contributed by atoms with Crippen molar-refractivity contribution in [2.75, 3.05) is 18.5 Å². The van der Waals surface area contributed by atoms with Gasteiger partial charge in [-0.1, -0.05) is 31.5 Å². The van der Waals surface area contributed by atoms with Crippen molar-refractivity contribution in [3.8, 4) is 0 Å². The molecule has 1 amide bonds. The Balaban J connectivity index is 2.12. The maximum atomic E-state index is 12.0. The third-order valence-corrected chi connectivity index (χ3v) is 3.19. The van der Waals surface area contributed by atoms with Gasteiger partial charge < -0.3 is 10.2 Å². The number of hydrogen-bond donors (Lipinski definition) is 1. The SMILES string of the molecule is CCCCNC(=O)c1cc(N(C)c2ccccc2)ncn1. The molecule has 0 spiro atoms. The second kappa shape index (κ2) is 7.38. The molecule has 0 aliphatic heterocycles. The van der Waals surface area contributed by atoms with Gasteiger partial charge in [0.2, 0.25) is 0 Å². The van der Waals surface area contributed by atoms with Crippen LogP contribution < -0.4 is 10.2 Å². The van der Waals surface area contributed by atoms with Gasteiger partial charge in [0.15, 0.2) is 0 Å². The fourth-order valence-electron chi connectivity index (χ4n) is 1.91. The van der Waals surface area contributed by atoms with Crippen molar-refractivity contribution in [3.63, 3.8) is 0 Å². The Morgan fingerprint density at radius 3 is 2.71 bits per heavy atom. The first-order valence-electron chi connectivity index (χ1n) is 7.11. The minimum atomic E-state index is -0.159. The molecule has 0 fully saturated rings. The summed E-state index contributed by atoms with van der Waals surface area (Å²) < 4.78 is 0. The number of nitrogens with zero attached hydrogens (tertiary/aromatic N) is 3. The number of carbonyl (C=O) groups is 1. The lowest BCUT2D eigenvalue weighted by Crippen LogP contribution is -2.25. The minimum Gasteiger partial charge on any atom is -0.351 e. The van der Waals surface area contributed by atoms with Crippen molar-refractivity contribution in [3.05, 3.63) is 48.4 Å². The molecule has 0 atom stereocenters. The van der Waals surface area contributed by atoms with E-state index in [0.717, 1.165) is 18.5 Å². The Hall–Kier alpha value is -2.43. The van der Waals surface area contributed by atoms with Crippen LogP contribution in [0.3, 0.4) is 0 Å². The van der Waals surface area contributed by atoms with Gasteiger partial charge in [0, 0.05) is 25.3 Å². The van der Waals surface area contributed by atoms with E-state index in [1.54, 1.807) is 6.07 Å². The molecule has 1 aromatic carbocycles. The Bertz CT molecular complexity index is 586. The number of para-hydroxylation sites is 1. The predicted molar refractivity (Wildman–Crippen MR) is 83.8 cm³/mol. The van der Waals surface area contributed by atoms with Gasteiger partial charge in [0.1, 0.15) is 17.8 Å². The maximum Gasteiger partial charge on any atom is 0.270 e. The summed E-state index contributed by atoms with van der Waals surface area (Å²) in [6, 6.07) is 11.6.